The summed E-state index contributed by atoms with van der Waals surface area (Å²) in [7, 11) is 0. The van der Waals surface area contributed by atoms with Crippen LogP contribution < -0.4 is 10.7 Å². The van der Waals surface area contributed by atoms with Gasteiger partial charge in [-0.15, -0.1) is 0 Å². The number of hydrazone groups is 1. The lowest BCUT2D eigenvalue weighted by molar-refractivity contribution is -0.140. The summed E-state index contributed by atoms with van der Waals surface area (Å²) in [5, 5.41) is 6.20. The number of carbonyl (C=O) groups excluding carboxylic acids is 3. The molecule has 7 nitrogen and oxygen atoms in total. The van der Waals surface area contributed by atoms with Crippen LogP contribution in [-0.2, 0) is 19.1 Å². The van der Waals surface area contributed by atoms with Gasteiger partial charge in [-0.3, -0.25) is 9.59 Å². The Labute approximate surface area is 121 Å². The number of ether oxygens (including phenoxy) is 1. The molecule has 1 aliphatic heterocycles. The molecule has 0 aliphatic carbocycles. The Morgan fingerprint density at radius 2 is 2.00 bits per heavy atom. The van der Waals surface area contributed by atoms with Crippen LogP contribution in [0.1, 0.15) is 18.4 Å². The third-order valence-electron chi connectivity index (χ3n) is 2.81. The van der Waals surface area contributed by atoms with E-state index in [1.807, 2.05) is 19.1 Å². The van der Waals surface area contributed by atoms with Crippen LogP contribution in [0.4, 0.5) is 5.69 Å². The molecule has 0 atom stereocenters. The van der Waals surface area contributed by atoms with E-state index in [9.17, 15) is 14.4 Å². The molecule has 21 heavy (non-hydrogen) atoms. The zero-order valence-corrected chi connectivity index (χ0v) is 11.5. The van der Waals surface area contributed by atoms with Crippen molar-refractivity contribution in [2.75, 3.05) is 11.9 Å². The smallest absolute Gasteiger partial charge is 0.355 e. The summed E-state index contributed by atoms with van der Waals surface area (Å²) in [6.07, 6.45) is 0.397. The van der Waals surface area contributed by atoms with Gasteiger partial charge in [0.25, 0.3) is 5.91 Å². The first-order valence-electron chi connectivity index (χ1n) is 6.43. The predicted octanol–water partition coefficient (Wildman–Crippen LogP) is 0.743. The van der Waals surface area contributed by atoms with E-state index in [0.717, 1.165) is 5.56 Å². The minimum atomic E-state index is -0.700. The lowest BCUT2D eigenvalue weighted by Gasteiger charge is -2.11. The van der Waals surface area contributed by atoms with Crippen LogP contribution in [0, 0.1) is 6.92 Å². The van der Waals surface area contributed by atoms with E-state index < -0.39 is 18.5 Å². The van der Waals surface area contributed by atoms with Crippen LogP contribution in [0.2, 0.25) is 0 Å². The van der Waals surface area contributed by atoms with Crippen molar-refractivity contribution in [3.63, 3.8) is 0 Å². The van der Waals surface area contributed by atoms with Crippen LogP contribution in [0.25, 0.3) is 0 Å². The van der Waals surface area contributed by atoms with Crippen LogP contribution >= 0.6 is 0 Å². The van der Waals surface area contributed by atoms with E-state index in [4.69, 9.17) is 4.74 Å². The summed E-state index contributed by atoms with van der Waals surface area (Å²) in [5.41, 5.74) is 4.01. The van der Waals surface area contributed by atoms with Crippen molar-refractivity contribution in [1.29, 1.82) is 0 Å². The first kappa shape index (κ1) is 14.7. The lowest BCUT2D eigenvalue weighted by Crippen LogP contribution is -2.32. The number of nitrogens with one attached hydrogen (secondary N) is 2. The second kappa shape index (κ2) is 6.65. The number of esters is 1. The Kier molecular flexibility index (Phi) is 4.65. The first-order chi connectivity index (χ1) is 10.0. The fourth-order valence-corrected chi connectivity index (χ4v) is 1.67. The van der Waals surface area contributed by atoms with E-state index in [-0.39, 0.29) is 24.5 Å². The zero-order chi connectivity index (χ0) is 15.2. The average Bonchev–Trinajstić information content (AvgIpc) is 2.48. The number of aryl methyl sites for hydroxylation is 1. The molecule has 0 saturated carbocycles. The van der Waals surface area contributed by atoms with Crippen molar-refractivity contribution >= 4 is 29.2 Å². The first-order valence-corrected chi connectivity index (χ1v) is 6.43. The third kappa shape index (κ3) is 4.41. The van der Waals surface area contributed by atoms with E-state index in [1.165, 1.54) is 0 Å². The van der Waals surface area contributed by atoms with Gasteiger partial charge in [0, 0.05) is 18.5 Å². The van der Waals surface area contributed by atoms with Crippen LogP contribution in [-0.4, -0.2) is 30.1 Å². The zero-order valence-electron chi connectivity index (χ0n) is 11.5. The van der Waals surface area contributed by atoms with Gasteiger partial charge in [0.15, 0.2) is 6.61 Å². The molecule has 2 rings (SSSR count). The predicted molar refractivity (Wildman–Crippen MR) is 75.6 cm³/mol. The topological polar surface area (TPSA) is 96.9 Å². The number of hydrogen-bond donors (Lipinski definition) is 2. The fraction of sp³-hybridized carbons (Fsp3) is 0.286. The molecule has 7 heteroatoms. The van der Waals surface area contributed by atoms with E-state index in [0.29, 0.717) is 5.69 Å². The van der Waals surface area contributed by atoms with Gasteiger partial charge in [0.05, 0.1) is 0 Å². The molecule has 0 bridgehead atoms. The lowest BCUT2D eigenvalue weighted by atomic mass is 10.2. The Bertz CT molecular complexity index is 593. The van der Waals surface area contributed by atoms with Crippen molar-refractivity contribution in [3.8, 4) is 0 Å². The minimum absolute atomic E-state index is 0.109. The molecule has 1 aromatic carbocycles. The molecule has 2 N–H and O–H groups in total. The highest BCUT2D eigenvalue weighted by Gasteiger charge is 2.20. The Hall–Kier alpha value is -2.70. The summed E-state index contributed by atoms with van der Waals surface area (Å²) in [6.45, 7) is 1.54. The van der Waals surface area contributed by atoms with Crippen molar-refractivity contribution in [2.24, 2.45) is 5.10 Å². The van der Waals surface area contributed by atoms with Gasteiger partial charge < -0.3 is 10.1 Å². The van der Waals surface area contributed by atoms with Crippen molar-refractivity contribution in [3.05, 3.63) is 29.8 Å². The van der Waals surface area contributed by atoms with Gasteiger partial charge in [0.1, 0.15) is 5.71 Å². The highest BCUT2D eigenvalue weighted by molar-refractivity contribution is 6.37. The van der Waals surface area contributed by atoms with Crippen molar-refractivity contribution < 1.29 is 19.1 Å². The van der Waals surface area contributed by atoms with Crippen molar-refractivity contribution in [2.45, 2.75) is 19.8 Å². The fourth-order valence-electron chi connectivity index (χ4n) is 1.67. The monoisotopic (exact) mass is 289 g/mol. The third-order valence-corrected chi connectivity index (χ3v) is 2.81. The van der Waals surface area contributed by atoms with E-state index >= 15 is 0 Å². The molecule has 1 aliphatic rings. The quantitative estimate of drug-likeness (QED) is 0.799. The highest BCUT2D eigenvalue weighted by Crippen LogP contribution is 2.08. The summed E-state index contributed by atoms with van der Waals surface area (Å²) in [6, 6.07) is 7.24. The minimum Gasteiger partial charge on any atom is -0.451 e. The van der Waals surface area contributed by atoms with Gasteiger partial charge in [-0.05, 0) is 19.1 Å². The number of rotatable bonds is 4. The molecular formula is C14H15N3O4. The molecule has 1 heterocycles. The standard InChI is InChI=1S/C14H15N3O4/c1-9-2-4-10(5-3-9)15-13(19)8-21-14(20)11-6-7-12(18)17-16-11/h2-5H,6-8H2,1H3,(H,15,19)(H,17,18). The SMILES string of the molecule is Cc1ccc(NC(=O)COC(=O)C2=NNC(=O)CC2)cc1. The van der Waals surface area contributed by atoms with Crippen LogP contribution in [0.5, 0.6) is 0 Å². The van der Waals surface area contributed by atoms with Gasteiger partial charge in [-0.2, -0.15) is 5.10 Å². The maximum absolute atomic E-state index is 11.6. The Balaban J connectivity index is 1.79. The summed E-state index contributed by atoms with van der Waals surface area (Å²) < 4.78 is 4.84. The molecule has 110 valence electrons. The number of nitrogens with zero attached hydrogens (tertiary/aromatic N) is 1. The van der Waals surface area contributed by atoms with Crippen LogP contribution in [0.3, 0.4) is 0 Å². The molecular weight excluding hydrogens is 274 g/mol. The number of anilines is 1. The van der Waals surface area contributed by atoms with Crippen LogP contribution in [0.15, 0.2) is 29.4 Å². The molecule has 0 spiro atoms. The second-order valence-electron chi connectivity index (χ2n) is 4.58. The number of carbonyl (C=O) groups is 3. The Morgan fingerprint density at radius 3 is 2.62 bits per heavy atom. The highest BCUT2D eigenvalue weighted by atomic mass is 16.5. The maximum atomic E-state index is 11.6. The van der Waals surface area contributed by atoms with E-state index in [1.54, 1.807) is 12.1 Å². The molecule has 2 amide bonds. The number of amides is 2. The normalized spacial score (nSPS) is 14.0. The second-order valence-corrected chi connectivity index (χ2v) is 4.58. The molecule has 1 aromatic rings. The molecule has 0 unspecified atom stereocenters. The maximum Gasteiger partial charge on any atom is 0.355 e. The largest absolute Gasteiger partial charge is 0.451 e. The summed E-state index contributed by atoms with van der Waals surface area (Å²) in [5.74, 6) is -1.38. The number of benzene rings is 1. The Morgan fingerprint density at radius 1 is 1.29 bits per heavy atom. The number of hydrogen-bond acceptors (Lipinski definition) is 5. The molecule has 0 fully saturated rings. The van der Waals surface area contributed by atoms with Crippen molar-refractivity contribution in [1.82, 2.24) is 5.43 Å². The molecule has 0 radical (unpaired) electrons. The summed E-state index contributed by atoms with van der Waals surface area (Å²) in [4.78, 5) is 34.2. The molecule has 0 aromatic heterocycles. The summed E-state index contributed by atoms with van der Waals surface area (Å²) >= 11 is 0. The average molecular weight is 289 g/mol. The van der Waals surface area contributed by atoms with Gasteiger partial charge in [-0.1, -0.05) is 17.7 Å². The molecule has 0 saturated heterocycles. The van der Waals surface area contributed by atoms with Gasteiger partial charge >= 0.3 is 5.97 Å². The van der Waals surface area contributed by atoms with Gasteiger partial charge in [0.2, 0.25) is 5.91 Å². The van der Waals surface area contributed by atoms with E-state index in [2.05, 4.69) is 15.8 Å². The van der Waals surface area contributed by atoms with Gasteiger partial charge in [-0.25, -0.2) is 10.2 Å².